The van der Waals surface area contributed by atoms with Crippen LogP contribution in [0.1, 0.15) is 22.8 Å². The maximum Gasteiger partial charge on any atom is 0.416 e. The summed E-state index contributed by atoms with van der Waals surface area (Å²) >= 11 is 3.19. The Hall–Kier alpha value is -1.56. The predicted octanol–water partition coefficient (Wildman–Crippen LogP) is 5.28. The number of rotatable bonds is 1. The van der Waals surface area contributed by atoms with Crippen LogP contribution in [0.2, 0.25) is 0 Å². The van der Waals surface area contributed by atoms with E-state index in [1.807, 2.05) is 0 Å². The van der Waals surface area contributed by atoms with Gasteiger partial charge in [-0.05, 0) is 47.5 Å². The van der Waals surface area contributed by atoms with Gasteiger partial charge in [0, 0.05) is 10.9 Å². The van der Waals surface area contributed by atoms with Gasteiger partial charge in [-0.3, -0.25) is 0 Å². The van der Waals surface area contributed by atoms with E-state index in [0.717, 1.165) is 12.1 Å². The molecule has 2 aromatic carbocycles. The Balaban J connectivity index is 1.91. The number of hydrogen-bond donors (Lipinski definition) is 0. The first-order chi connectivity index (χ1) is 9.83. The van der Waals surface area contributed by atoms with Crippen molar-refractivity contribution in [2.45, 2.75) is 18.7 Å². The first-order valence-corrected chi connectivity index (χ1v) is 6.95. The smallest absolute Gasteiger partial charge is 0.416 e. The minimum Gasteiger partial charge on any atom is -0.485 e. The van der Waals surface area contributed by atoms with Gasteiger partial charge >= 0.3 is 6.18 Å². The molecule has 1 atom stereocenters. The highest BCUT2D eigenvalue weighted by Crippen LogP contribution is 2.40. The maximum absolute atomic E-state index is 13.4. The van der Waals surface area contributed by atoms with Gasteiger partial charge in [0.05, 0.1) is 5.56 Å². The van der Waals surface area contributed by atoms with Crippen LogP contribution in [0, 0.1) is 5.82 Å². The van der Waals surface area contributed by atoms with E-state index in [9.17, 15) is 17.6 Å². The van der Waals surface area contributed by atoms with Crippen molar-refractivity contribution in [3.63, 3.8) is 0 Å². The van der Waals surface area contributed by atoms with E-state index in [-0.39, 0.29) is 6.42 Å². The summed E-state index contributed by atoms with van der Waals surface area (Å²) in [6.45, 7) is 0. The van der Waals surface area contributed by atoms with Crippen LogP contribution in [0.15, 0.2) is 40.9 Å². The summed E-state index contributed by atoms with van der Waals surface area (Å²) in [5, 5.41) is 0. The molecule has 0 saturated carbocycles. The van der Waals surface area contributed by atoms with E-state index in [1.165, 1.54) is 18.2 Å². The van der Waals surface area contributed by atoms with Crippen molar-refractivity contribution >= 4 is 15.9 Å². The Morgan fingerprint density at radius 3 is 2.52 bits per heavy atom. The first kappa shape index (κ1) is 14.4. The summed E-state index contributed by atoms with van der Waals surface area (Å²) in [4.78, 5) is 0. The van der Waals surface area contributed by atoms with Crippen molar-refractivity contribution in [1.29, 1.82) is 0 Å². The Morgan fingerprint density at radius 1 is 1.10 bits per heavy atom. The SMILES string of the molecule is Fc1cc(Br)cc([C@@H]2Cc3cc(C(F)(F)F)ccc3O2)c1. The normalized spacial score (nSPS) is 17.5. The third-order valence-electron chi connectivity index (χ3n) is 3.32. The van der Waals surface area contributed by atoms with Gasteiger partial charge in [-0.1, -0.05) is 15.9 Å². The fourth-order valence-electron chi connectivity index (χ4n) is 2.37. The van der Waals surface area contributed by atoms with E-state index in [0.29, 0.717) is 21.3 Å². The molecule has 0 radical (unpaired) electrons. The van der Waals surface area contributed by atoms with E-state index in [2.05, 4.69) is 15.9 Å². The van der Waals surface area contributed by atoms with Gasteiger partial charge in [-0.2, -0.15) is 13.2 Å². The Labute approximate surface area is 126 Å². The fourth-order valence-corrected chi connectivity index (χ4v) is 2.85. The van der Waals surface area contributed by atoms with Crippen molar-refractivity contribution in [3.8, 4) is 5.75 Å². The Morgan fingerprint density at radius 2 is 1.86 bits per heavy atom. The number of alkyl halides is 3. The van der Waals surface area contributed by atoms with Crippen LogP contribution in [-0.2, 0) is 12.6 Å². The molecule has 6 heteroatoms. The summed E-state index contributed by atoms with van der Waals surface area (Å²) in [5.41, 5.74) is 0.368. The van der Waals surface area contributed by atoms with Crippen LogP contribution < -0.4 is 4.74 Å². The van der Waals surface area contributed by atoms with Crippen LogP contribution in [0.5, 0.6) is 5.75 Å². The summed E-state index contributed by atoms with van der Waals surface area (Å²) < 4.78 is 57.6. The molecule has 0 amide bonds. The topological polar surface area (TPSA) is 9.23 Å². The van der Waals surface area contributed by atoms with Crippen LogP contribution in [0.3, 0.4) is 0 Å². The zero-order valence-corrected chi connectivity index (χ0v) is 12.1. The number of hydrogen-bond acceptors (Lipinski definition) is 1. The van der Waals surface area contributed by atoms with Crippen molar-refractivity contribution in [2.75, 3.05) is 0 Å². The minimum atomic E-state index is -4.38. The third kappa shape index (κ3) is 2.90. The molecule has 0 saturated heterocycles. The molecule has 1 heterocycles. The summed E-state index contributed by atoms with van der Waals surface area (Å²) in [5.74, 6) is -0.0108. The standard InChI is InChI=1S/C15H9BrF4O/c16-11-4-9(5-12(17)7-11)14-6-8-3-10(15(18,19)20)1-2-13(8)21-14/h1-5,7,14H,6H2/t14-/m0/s1. The van der Waals surface area contributed by atoms with Crippen molar-refractivity contribution in [3.05, 3.63) is 63.4 Å². The zero-order chi connectivity index (χ0) is 15.2. The molecular formula is C15H9BrF4O. The van der Waals surface area contributed by atoms with Gasteiger partial charge in [-0.25, -0.2) is 4.39 Å². The van der Waals surface area contributed by atoms with Crippen LogP contribution in [0.25, 0.3) is 0 Å². The van der Waals surface area contributed by atoms with Gasteiger partial charge in [0.25, 0.3) is 0 Å². The number of ether oxygens (including phenoxy) is 1. The largest absolute Gasteiger partial charge is 0.485 e. The summed E-state index contributed by atoms with van der Waals surface area (Å²) in [6, 6.07) is 7.72. The van der Waals surface area contributed by atoms with E-state index in [4.69, 9.17) is 4.74 Å². The summed E-state index contributed by atoms with van der Waals surface area (Å²) in [7, 11) is 0. The lowest BCUT2D eigenvalue weighted by atomic mass is 10.0. The quantitative estimate of drug-likeness (QED) is 0.628. The Bertz CT molecular complexity index is 676. The highest BCUT2D eigenvalue weighted by Gasteiger charge is 2.33. The second-order valence-corrected chi connectivity index (χ2v) is 5.75. The molecular weight excluding hydrogens is 352 g/mol. The van der Waals surface area contributed by atoms with Crippen molar-refractivity contribution < 1.29 is 22.3 Å². The minimum absolute atomic E-state index is 0.287. The molecule has 0 aromatic heterocycles. The second-order valence-electron chi connectivity index (χ2n) is 4.83. The van der Waals surface area contributed by atoms with Gasteiger partial charge in [0.2, 0.25) is 0 Å². The molecule has 0 spiro atoms. The molecule has 0 bridgehead atoms. The van der Waals surface area contributed by atoms with Crippen LogP contribution in [0.4, 0.5) is 17.6 Å². The van der Waals surface area contributed by atoms with Gasteiger partial charge in [0.15, 0.2) is 0 Å². The maximum atomic E-state index is 13.4. The molecule has 0 unspecified atom stereocenters. The molecule has 0 fully saturated rings. The molecule has 2 aromatic rings. The van der Waals surface area contributed by atoms with E-state index < -0.39 is 23.7 Å². The lowest BCUT2D eigenvalue weighted by Crippen LogP contribution is -2.04. The van der Waals surface area contributed by atoms with E-state index in [1.54, 1.807) is 6.07 Å². The number of fused-ring (bicyclic) bond motifs is 1. The molecule has 1 aliphatic rings. The monoisotopic (exact) mass is 360 g/mol. The second kappa shape index (κ2) is 5.02. The van der Waals surface area contributed by atoms with Crippen molar-refractivity contribution in [2.24, 2.45) is 0 Å². The molecule has 0 N–H and O–H groups in total. The van der Waals surface area contributed by atoms with Crippen molar-refractivity contribution in [1.82, 2.24) is 0 Å². The third-order valence-corrected chi connectivity index (χ3v) is 3.78. The molecule has 1 nitrogen and oxygen atoms in total. The molecule has 1 aliphatic heterocycles. The van der Waals surface area contributed by atoms with Crippen LogP contribution >= 0.6 is 15.9 Å². The highest BCUT2D eigenvalue weighted by atomic mass is 79.9. The number of halogens is 5. The first-order valence-electron chi connectivity index (χ1n) is 6.16. The lowest BCUT2D eigenvalue weighted by Gasteiger charge is -2.11. The number of benzene rings is 2. The molecule has 21 heavy (non-hydrogen) atoms. The van der Waals surface area contributed by atoms with Gasteiger partial charge < -0.3 is 4.74 Å². The van der Waals surface area contributed by atoms with E-state index >= 15 is 0 Å². The van der Waals surface area contributed by atoms with Gasteiger partial charge in [-0.15, -0.1) is 0 Å². The predicted molar refractivity (Wildman–Crippen MR) is 72.6 cm³/mol. The lowest BCUT2D eigenvalue weighted by molar-refractivity contribution is -0.137. The average molecular weight is 361 g/mol. The Kier molecular flexibility index (Phi) is 3.43. The fraction of sp³-hybridized carbons (Fsp3) is 0.200. The summed E-state index contributed by atoms with van der Waals surface area (Å²) in [6.07, 6.45) is -4.57. The molecule has 110 valence electrons. The highest BCUT2D eigenvalue weighted by molar-refractivity contribution is 9.10. The van der Waals surface area contributed by atoms with Crippen LogP contribution in [-0.4, -0.2) is 0 Å². The zero-order valence-electron chi connectivity index (χ0n) is 10.5. The molecule has 3 rings (SSSR count). The van der Waals surface area contributed by atoms with Gasteiger partial charge in [0.1, 0.15) is 17.7 Å². The average Bonchev–Trinajstić information content (AvgIpc) is 2.79. The molecule has 0 aliphatic carbocycles.